The Morgan fingerprint density at radius 2 is 2.00 bits per heavy atom. The lowest BCUT2D eigenvalue weighted by Gasteiger charge is -2.36. The minimum Gasteiger partial charge on any atom is -0.343 e. The minimum atomic E-state index is 0.242. The van der Waals surface area contributed by atoms with Gasteiger partial charge in [-0.1, -0.05) is 6.92 Å². The number of nitrogens with zero attached hydrogens (tertiary/aromatic N) is 2. The Kier molecular flexibility index (Phi) is 3.46. The Balaban J connectivity index is 1.85. The van der Waals surface area contributed by atoms with E-state index >= 15 is 0 Å². The van der Waals surface area contributed by atoms with Gasteiger partial charge in [-0.05, 0) is 19.3 Å². The predicted octanol–water partition coefficient (Wildman–Crippen LogP) is 1.01. The van der Waals surface area contributed by atoms with E-state index in [2.05, 4.69) is 0 Å². The molecule has 2 aliphatic rings. The molecule has 2 fully saturated rings. The van der Waals surface area contributed by atoms with E-state index in [1.165, 1.54) is 0 Å². The van der Waals surface area contributed by atoms with Crippen LogP contribution in [0.15, 0.2) is 0 Å². The number of carbonyl (C=O) groups excluding carboxylic acids is 2. The van der Waals surface area contributed by atoms with Crippen LogP contribution in [0.3, 0.4) is 0 Å². The summed E-state index contributed by atoms with van der Waals surface area (Å²) in [5.74, 6) is 0.548. The van der Waals surface area contributed by atoms with Crippen LogP contribution in [0.25, 0.3) is 0 Å². The Labute approximate surface area is 96.6 Å². The molecule has 2 aliphatic heterocycles. The predicted molar refractivity (Wildman–Crippen MR) is 60.8 cm³/mol. The van der Waals surface area contributed by atoms with Gasteiger partial charge in [0, 0.05) is 38.5 Å². The molecule has 0 N–H and O–H groups in total. The smallest absolute Gasteiger partial charge is 0.222 e. The molecule has 90 valence electrons. The van der Waals surface area contributed by atoms with E-state index in [-0.39, 0.29) is 5.91 Å². The number of rotatable bonds is 2. The topological polar surface area (TPSA) is 40.6 Å². The van der Waals surface area contributed by atoms with Crippen molar-refractivity contribution >= 4 is 11.8 Å². The highest BCUT2D eigenvalue weighted by atomic mass is 16.2. The van der Waals surface area contributed by atoms with E-state index in [1.807, 2.05) is 16.7 Å². The maximum absolute atomic E-state index is 11.6. The molecular formula is C12H20N2O2. The first-order chi connectivity index (χ1) is 7.72. The maximum atomic E-state index is 11.6. The number of carbonyl (C=O) groups is 2. The summed E-state index contributed by atoms with van der Waals surface area (Å²) in [4.78, 5) is 27.0. The van der Waals surface area contributed by atoms with Crippen molar-refractivity contribution in [3.63, 3.8) is 0 Å². The monoisotopic (exact) mass is 224 g/mol. The molecule has 2 saturated heterocycles. The van der Waals surface area contributed by atoms with Crippen molar-refractivity contribution in [1.82, 2.24) is 9.80 Å². The van der Waals surface area contributed by atoms with Gasteiger partial charge in [0.25, 0.3) is 0 Å². The van der Waals surface area contributed by atoms with Crippen LogP contribution in [0.4, 0.5) is 0 Å². The zero-order chi connectivity index (χ0) is 11.5. The summed E-state index contributed by atoms with van der Waals surface area (Å²) in [6.07, 6.45) is 4.23. The van der Waals surface area contributed by atoms with E-state index in [0.717, 1.165) is 38.9 Å². The van der Waals surface area contributed by atoms with Crippen LogP contribution in [0.1, 0.15) is 39.0 Å². The largest absolute Gasteiger partial charge is 0.343 e. The van der Waals surface area contributed by atoms with Crippen molar-refractivity contribution in [3.05, 3.63) is 0 Å². The Bertz CT molecular complexity index is 283. The molecule has 2 amide bonds. The third-order valence-electron chi connectivity index (χ3n) is 3.67. The summed E-state index contributed by atoms with van der Waals surface area (Å²) in [5, 5.41) is 0. The third kappa shape index (κ3) is 2.20. The van der Waals surface area contributed by atoms with Crippen molar-refractivity contribution in [1.29, 1.82) is 0 Å². The molecule has 16 heavy (non-hydrogen) atoms. The van der Waals surface area contributed by atoms with Gasteiger partial charge in [0.2, 0.25) is 11.8 Å². The van der Waals surface area contributed by atoms with E-state index < -0.39 is 0 Å². The van der Waals surface area contributed by atoms with E-state index in [4.69, 9.17) is 0 Å². The molecule has 0 bridgehead atoms. The van der Waals surface area contributed by atoms with Gasteiger partial charge in [0.1, 0.15) is 0 Å². The fourth-order valence-corrected chi connectivity index (χ4v) is 2.71. The van der Waals surface area contributed by atoms with Crippen LogP contribution in [-0.2, 0) is 9.59 Å². The van der Waals surface area contributed by atoms with Crippen molar-refractivity contribution in [2.24, 2.45) is 0 Å². The van der Waals surface area contributed by atoms with Gasteiger partial charge >= 0.3 is 0 Å². The van der Waals surface area contributed by atoms with E-state index in [1.54, 1.807) is 0 Å². The molecule has 0 radical (unpaired) electrons. The molecule has 0 aromatic carbocycles. The second-order valence-electron chi connectivity index (χ2n) is 4.66. The van der Waals surface area contributed by atoms with Crippen molar-refractivity contribution < 1.29 is 9.59 Å². The van der Waals surface area contributed by atoms with Crippen LogP contribution < -0.4 is 0 Å². The highest BCUT2D eigenvalue weighted by molar-refractivity contribution is 5.78. The molecule has 0 aliphatic carbocycles. The van der Waals surface area contributed by atoms with Crippen LogP contribution in [-0.4, -0.2) is 47.3 Å². The molecular weight excluding hydrogens is 204 g/mol. The van der Waals surface area contributed by atoms with Gasteiger partial charge in [-0.2, -0.15) is 0 Å². The molecule has 2 rings (SSSR count). The van der Waals surface area contributed by atoms with E-state index in [9.17, 15) is 9.59 Å². The van der Waals surface area contributed by atoms with Gasteiger partial charge in [-0.15, -0.1) is 0 Å². The Morgan fingerprint density at radius 3 is 2.50 bits per heavy atom. The Hall–Kier alpha value is -1.06. The lowest BCUT2D eigenvalue weighted by Crippen LogP contribution is -2.47. The van der Waals surface area contributed by atoms with Gasteiger partial charge in [0.15, 0.2) is 0 Å². The average Bonchev–Trinajstić information content (AvgIpc) is 2.75. The van der Waals surface area contributed by atoms with Gasteiger partial charge in [-0.3, -0.25) is 9.59 Å². The number of hydrogen-bond donors (Lipinski definition) is 0. The molecule has 0 saturated carbocycles. The van der Waals surface area contributed by atoms with Gasteiger partial charge < -0.3 is 9.80 Å². The second kappa shape index (κ2) is 4.85. The molecule has 4 heteroatoms. The molecule has 0 atom stereocenters. The lowest BCUT2D eigenvalue weighted by atomic mass is 10.0. The molecule has 2 heterocycles. The summed E-state index contributed by atoms with van der Waals surface area (Å²) < 4.78 is 0. The summed E-state index contributed by atoms with van der Waals surface area (Å²) >= 11 is 0. The zero-order valence-corrected chi connectivity index (χ0v) is 9.95. The first kappa shape index (κ1) is 11.4. The fraction of sp³-hybridized carbons (Fsp3) is 0.833. The zero-order valence-electron chi connectivity index (χ0n) is 9.95. The SMILES string of the molecule is CCC(=O)N1CCC(N2CCCC2=O)CC1. The first-order valence-electron chi connectivity index (χ1n) is 6.29. The maximum Gasteiger partial charge on any atom is 0.222 e. The number of hydrogen-bond acceptors (Lipinski definition) is 2. The summed E-state index contributed by atoms with van der Waals surface area (Å²) in [6.45, 7) is 4.46. The number of piperidine rings is 1. The fourth-order valence-electron chi connectivity index (χ4n) is 2.71. The third-order valence-corrected chi connectivity index (χ3v) is 3.67. The highest BCUT2D eigenvalue weighted by Crippen LogP contribution is 2.22. The second-order valence-corrected chi connectivity index (χ2v) is 4.66. The quantitative estimate of drug-likeness (QED) is 0.702. The average molecular weight is 224 g/mol. The van der Waals surface area contributed by atoms with E-state index in [0.29, 0.717) is 24.8 Å². The van der Waals surface area contributed by atoms with Crippen molar-refractivity contribution in [2.75, 3.05) is 19.6 Å². The molecule has 4 nitrogen and oxygen atoms in total. The number of likely N-dealkylation sites (tertiary alicyclic amines) is 2. The lowest BCUT2D eigenvalue weighted by molar-refractivity contribution is -0.134. The molecule has 0 aromatic heterocycles. The van der Waals surface area contributed by atoms with Crippen molar-refractivity contribution in [3.8, 4) is 0 Å². The standard InChI is InChI=1S/C12H20N2O2/c1-2-11(15)13-8-5-10(6-9-13)14-7-3-4-12(14)16/h10H,2-9H2,1H3. The summed E-state index contributed by atoms with van der Waals surface area (Å²) in [6, 6.07) is 0.385. The van der Waals surface area contributed by atoms with Gasteiger partial charge in [-0.25, -0.2) is 0 Å². The van der Waals surface area contributed by atoms with Crippen LogP contribution in [0, 0.1) is 0 Å². The van der Waals surface area contributed by atoms with Crippen LogP contribution in [0.2, 0.25) is 0 Å². The first-order valence-corrected chi connectivity index (χ1v) is 6.29. The van der Waals surface area contributed by atoms with Crippen LogP contribution in [0.5, 0.6) is 0 Å². The normalized spacial score (nSPS) is 22.9. The molecule has 0 unspecified atom stereocenters. The summed E-state index contributed by atoms with van der Waals surface area (Å²) in [7, 11) is 0. The Morgan fingerprint density at radius 1 is 1.31 bits per heavy atom. The number of amides is 2. The highest BCUT2D eigenvalue weighted by Gasteiger charge is 2.31. The van der Waals surface area contributed by atoms with Crippen molar-refractivity contribution in [2.45, 2.75) is 45.1 Å². The minimum absolute atomic E-state index is 0.242. The molecule has 0 spiro atoms. The molecule has 0 aromatic rings. The summed E-state index contributed by atoms with van der Waals surface area (Å²) in [5.41, 5.74) is 0. The van der Waals surface area contributed by atoms with Crippen LogP contribution >= 0.6 is 0 Å². The van der Waals surface area contributed by atoms with Gasteiger partial charge in [0.05, 0.1) is 0 Å².